The Hall–Kier alpha value is -3.75. The Balaban J connectivity index is 1.46. The van der Waals surface area contributed by atoms with E-state index in [1.807, 2.05) is 30.3 Å². The Morgan fingerprint density at radius 3 is 2.55 bits per heavy atom. The minimum absolute atomic E-state index is 0.130. The van der Waals surface area contributed by atoms with E-state index >= 15 is 0 Å². The number of hydrogen-bond acceptors (Lipinski definition) is 5. The Labute approximate surface area is 166 Å². The van der Waals surface area contributed by atoms with E-state index in [2.05, 4.69) is 20.8 Å². The van der Waals surface area contributed by atoms with Crippen LogP contribution in [0.3, 0.4) is 0 Å². The largest absolute Gasteiger partial charge is 0.344 e. The van der Waals surface area contributed by atoms with Crippen LogP contribution in [-0.2, 0) is 13.0 Å². The molecule has 2 N–H and O–H groups in total. The molecule has 0 aliphatic carbocycles. The van der Waals surface area contributed by atoms with Gasteiger partial charge >= 0.3 is 17.8 Å². The first-order valence-corrected chi connectivity index (χ1v) is 8.93. The predicted molar refractivity (Wildman–Crippen MR) is 104 cm³/mol. The quantitative estimate of drug-likeness (QED) is 0.639. The molecule has 0 bridgehead atoms. The molecule has 0 aliphatic heterocycles. The van der Waals surface area contributed by atoms with Crippen LogP contribution in [0, 0.1) is 5.82 Å². The summed E-state index contributed by atoms with van der Waals surface area (Å²) in [6.07, 6.45) is 0.308. The van der Waals surface area contributed by atoms with Crippen molar-refractivity contribution >= 4 is 17.6 Å². The van der Waals surface area contributed by atoms with Crippen LogP contribution in [0.1, 0.15) is 22.1 Å². The average Bonchev–Trinajstić information content (AvgIpc) is 3.22. The molecule has 150 valence electrons. The number of aromatic nitrogens is 2. The normalized spacial score (nSPS) is 10.4. The monoisotopic (exact) mass is 397 g/mol. The second-order valence-corrected chi connectivity index (χ2v) is 6.29. The SMILES string of the molecule is CN(CCc1noc(C(=O)NCc2ccccc2)n1)C(=O)Nc1ccc(F)cc1. The van der Waals surface area contributed by atoms with Crippen LogP contribution in [0.2, 0.25) is 0 Å². The Morgan fingerprint density at radius 2 is 1.83 bits per heavy atom. The number of carbonyl (C=O) groups excluding carboxylic acids is 2. The summed E-state index contributed by atoms with van der Waals surface area (Å²) in [6, 6.07) is 14.6. The Morgan fingerprint density at radius 1 is 1.10 bits per heavy atom. The van der Waals surface area contributed by atoms with Crippen molar-refractivity contribution in [3.63, 3.8) is 0 Å². The molecule has 0 saturated heterocycles. The second kappa shape index (κ2) is 9.45. The van der Waals surface area contributed by atoms with Crippen molar-refractivity contribution in [2.45, 2.75) is 13.0 Å². The molecule has 1 aromatic heterocycles. The van der Waals surface area contributed by atoms with Crippen LogP contribution >= 0.6 is 0 Å². The third-order valence-corrected chi connectivity index (χ3v) is 4.07. The van der Waals surface area contributed by atoms with E-state index in [0.717, 1.165) is 5.56 Å². The zero-order valence-corrected chi connectivity index (χ0v) is 15.8. The summed E-state index contributed by atoms with van der Waals surface area (Å²) in [5.74, 6) is -0.655. The van der Waals surface area contributed by atoms with Gasteiger partial charge in [-0.15, -0.1) is 0 Å². The lowest BCUT2D eigenvalue weighted by Crippen LogP contribution is -2.33. The zero-order chi connectivity index (χ0) is 20.6. The van der Waals surface area contributed by atoms with Gasteiger partial charge in [0.15, 0.2) is 5.82 Å². The number of likely N-dealkylation sites (N-methyl/N-ethyl adjacent to an activating group) is 1. The van der Waals surface area contributed by atoms with Crippen LogP contribution < -0.4 is 10.6 Å². The zero-order valence-electron chi connectivity index (χ0n) is 15.8. The van der Waals surface area contributed by atoms with Crippen molar-refractivity contribution in [2.24, 2.45) is 0 Å². The summed E-state index contributed by atoms with van der Waals surface area (Å²) in [6.45, 7) is 0.654. The van der Waals surface area contributed by atoms with Gasteiger partial charge in [-0.3, -0.25) is 4.79 Å². The minimum Gasteiger partial charge on any atom is -0.344 e. The van der Waals surface area contributed by atoms with Crippen LogP contribution in [0.4, 0.5) is 14.9 Å². The molecular formula is C20H20FN5O3. The van der Waals surface area contributed by atoms with Gasteiger partial charge in [0.1, 0.15) is 5.82 Å². The minimum atomic E-state index is -0.463. The van der Waals surface area contributed by atoms with Crippen LogP contribution in [-0.4, -0.2) is 40.6 Å². The van der Waals surface area contributed by atoms with Gasteiger partial charge in [0.25, 0.3) is 0 Å². The number of carbonyl (C=O) groups is 2. The van der Waals surface area contributed by atoms with Crippen molar-refractivity contribution in [1.29, 1.82) is 0 Å². The number of amides is 3. The fourth-order valence-electron chi connectivity index (χ4n) is 2.42. The van der Waals surface area contributed by atoms with E-state index in [1.165, 1.54) is 29.2 Å². The van der Waals surface area contributed by atoms with Crippen molar-refractivity contribution in [3.8, 4) is 0 Å². The molecule has 0 radical (unpaired) electrons. The first-order chi connectivity index (χ1) is 14.0. The fraction of sp³-hybridized carbons (Fsp3) is 0.200. The summed E-state index contributed by atoms with van der Waals surface area (Å²) in [5, 5.41) is 9.13. The van der Waals surface area contributed by atoms with Crippen LogP contribution in [0.5, 0.6) is 0 Å². The average molecular weight is 397 g/mol. The van der Waals surface area contributed by atoms with Crippen molar-refractivity contribution < 1.29 is 18.5 Å². The highest BCUT2D eigenvalue weighted by Gasteiger charge is 2.16. The summed E-state index contributed by atoms with van der Waals surface area (Å²) in [7, 11) is 1.60. The van der Waals surface area contributed by atoms with E-state index < -0.39 is 5.91 Å². The second-order valence-electron chi connectivity index (χ2n) is 6.29. The lowest BCUT2D eigenvalue weighted by atomic mass is 10.2. The molecule has 1 heterocycles. The van der Waals surface area contributed by atoms with Crippen molar-refractivity contribution in [2.75, 3.05) is 18.9 Å². The molecule has 2 aromatic carbocycles. The van der Waals surface area contributed by atoms with E-state index in [-0.39, 0.29) is 17.7 Å². The van der Waals surface area contributed by atoms with Gasteiger partial charge in [-0.2, -0.15) is 4.98 Å². The number of urea groups is 1. The molecule has 8 nitrogen and oxygen atoms in total. The van der Waals surface area contributed by atoms with E-state index in [0.29, 0.717) is 31.0 Å². The molecule has 0 aliphatic rings. The highest BCUT2D eigenvalue weighted by molar-refractivity contribution is 5.89. The topological polar surface area (TPSA) is 100 Å². The molecule has 0 spiro atoms. The molecule has 3 amide bonds. The molecule has 0 unspecified atom stereocenters. The van der Waals surface area contributed by atoms with Crippen molar-refractivity contribution in [3.05, 3.63) is 77.7 Å². The smallest absolute Gasteiger partial charge is 0.321 e. The van der Waals surface area contributed by atoms with Gasteiger partial charge in [-0.1, -0.05) is 35.5 Å². The first kappa shape index (κ1) is 20.0. The molecule has 0 fully saturated rings. The lowest BCUT2D eigenvalue weighted by Gasteiger charge is -2.17. The fourth-order valence-corrected chi connectivity index (χ4v) is 2.42. The predicted octanol–water partition coefficient (Wildman–Crippen LogP) is 2.85. The molecule has 3 rings (SSSR count). The highest BCUT2D eigenvalue weighted by Crippen LogP contribution is 2.09. The Bertz CT molecular complexity index is 960. The van der Waals surface area contributed by atoms with Crippen LogP contribution in [0.25, 0.3) is 0 Å². The number of nitrogens with zero attached hydrogens (tertiary/aromatic N) is 3. The molecule has 9 heteroatoms. The maximum absolute atomic E-state index is 12.9. The highest BCUT2D eigenvalue weighted by atomic mass is 19.1. The summed E-state index contributed by atoms with van der Waals surface area (Å²) in [5.41, 5.74) is 1.44. The number of rotatable bonds is 7. The third-order valence-electron chi connectivity index (χ3n) is 4.07. The standard InChI is InChI=1S/C20H20FN5O3/c1-26(20(28)23-16-9-7-15(21)8-10-16)12-11-17-24-19(29-25-17)18(27)22-13-14-5-3-2-4-6-14/h2-10H,11-13H2,1H3,(H,22,27)(H,23,28). The number of benzene rings is 2. The maximum atomic E-state index is 12.9. The maximum Gasteiger partial charge on any atom is 0.321 e. The van der Waals surface area contributed by atoms with E-state index in [4.69, 9.17) is 4.52 Å². The molecule has 3 aromatic rings. The number of halogens is 1. The van der Waals surface area contributed by atoms with Gasteiger partial charge in [0, 0.05) is 32.2 Å². The van der Waals surface area contributed by atoms with Gasteiger partial charge in [0.05, 0.1) is 0 Å². The van der Waals surface area contributed by atoms with E-state index in [9.17, 15) is 14.0 Å². The lowest BCUT2D eigenvalue weighted by molar-refractivity contribution is 0.0907. The van der Waals surface area contributed by atoms with Gasteiger partial charge in [-0.25, -0.2) is 9.18 Å². The number of anilines is 1. The Kier molecular flexibility index (Phi) is 6.51. The van der Waals surface area contributed by atoms with Gasteiger partial charge in [0.2, 0.25) is 0 Å². The number of nitrogens with one attached hydrogen (secondary N) is 2. The first-order valence-electron chi connectivity index (χ1n) is 8.93. The van der Waals surface area contributed by atoms with Crippen LogP contribution in [0.15, 0.2) is 59.1 Å². The summed E-state index contributed by atoms with van der Waals surface area (Å²) >= 11 is 0. The molecule has 0 saturated carbocycles. The van der Waals surface area contributed by atoms with Gasteiger partial charge < -0.3 is 20.1 Å². The third kappa shape index (κ3) is 5.86. The van der Waals surface area contributed by atoms with Gasteiger partial charge in [-0.05, 0) is 29.8 Å². The molecular weight excluding hydrogens is 377 g/mol. The van der Waals surface area contributed by atoms with Crippen molar-refractivity contribution in [1.82, 2.24) is 20.4 Å². The van der Waals surface area contributed by atoms with E-state index in [1.54, 1.807) is 7.05 Å². The summed E-state index contributed by atoms with van der Waals surface area (Å²) in [4.78, 5) is 29.7. The molecule has 0 atom stereocenters. The number of hydrogen-bond donors (Lipinski definition) is 2. The molecule has 29 heavy (non-hydrogen) atoms. The summed E-state index contributed by atoms with van der Waals surface area (Å²) < 4.78 is 17.9.